The van der Waals surface area contributed by atoms with E-state index in [2.05, 4.69) is 101 Å². The van der Waals surface area contributed by atoms with Crippen molar-refractivity contribution in [1.29, 1.82) is 0 Å². The Morgan fingerprint density at radius 3 is 1.86 bits per heavy atom. The SMILES string of the molecule is BrB1Oc2ccccc2C[N+]12[C@H](Cc1ccccc1)CC[C@H]2Cc1ccccc1. The molecule has 3 aromatic carbocycles. The van der Waals surface area contributed by atoms with Crippen molar-refractivity contribution in [3.8, 4) is 5.75 Å². The second kappa shape index (κ2) is 8.00. The van der Waals surface area contributed by atoms with Gasteiger partial charge in [0.15, 0.2) is 0 Å². The van der Waals surface area contributed by atoms with Gasteiger partial charge in [0, 0.05) is 31.2 Å². The first-order valence-corrected chi connectivity index (χ1v) is 11.5. The highest BCUT2D eigenvalue weighted by atomic mass is 79.9. The molecule has 2 aliphatic rings. The van der Waals surface area contributed by atoms with Gasteiger partial charge in [-0.1, -0.05) is 72.8 Å². The maximum Gasteiger partial charge on any atom is 0.721 e. The average molecular weight is 447 g/mol. The quantitative estimate of drug-likeness (QED) is 0.460. The van der Waals surface area contributed by atoms with Crippen molar-refractivity contribution in [2.45, 2.75) is 44.3 Å². The number of hydrogen-bond donors (Lipinski definition) is 0. The molecule has 1 fully saturated rings. The summed E-state index contributed by atoms with van der Waals surface area (Å²) >= 11 is 4.00. The van der Waals surface area contributed by atoms with Crippen LogP contribution < -0.4 is 4.65 Å². The lowest BCUT2D eigenvalue weighted by molar-refractivity contribution is -0.881. The molecule has 1 saturated heterocycles. The lowest BCUT2D eigenvalue weighted by Crippen LogP contribution is -2.67. The molecule has 0 aliphatic carbocycles. The Kier molecular flexibility index (Phi) is 5.23. The van der Waals surface area contributed by atoms with Gasteiger partial charge < -0.3 is 9.05 Å². The maximum atomic E-state index is 6.49. The number of halogens is 1. The van der Waals surface area contributed by atoms with Crippen LogP contribution in [0.3, 0.4) is 0 Å². The van der Waals surface area contributed by atoms with Gasteiger partial charge in [-0.15, -0.1) is 0 Å². The van der Waals surface area contributed by atoms with Gasteiger partial charge in [-0.05, 0) is 39.0 Å². The second-order valence-corrected chi connectivity index (χ2v) is 9.22. The minimum absolute atomic E-state index is 0.0117. The molecule has 1 spiro atoms. The van der Waals surface area contributed by atoms with Crippen LogP contribution in [0.5, 0.6) is 5.75 Å². The van der Waals surface area contributed by atoms with E-state index in [4.69, 9.17) is 4.65 Å². The fraction of sp³-hybridized carbons (Fsp3) is 0.280. The highest BCUT2D eigenvalue weighted by molar-refractivity contribution is 9.24. The van der Waals surface area contributed by atoms with Crippen LogP contribution in [0.25, 0.3) is 0 Å². The molecule has 2 aliphatic heterocycles. The number of hydrogen-bond acceptors (Lipinski definition) is 1. The van der Waals surface area contributed by atoms with Crippen LogP contribution in [0.15, 0.2) is 84.9 Å². The fourth-order valence-electron chi connectivity index (χ4n) is 5.39. The highest BCUT2D eigenvalue weighted by Gasteiger charge is 2.60. The van der Waals surface area contributed by atoms with Crippen molar-refractivity contribution in [2.75, 3.05) is 0 Å². The minimum Gasteiger partial charge on any atom is -0.498 e. The van der Waals surface area contributed by atoms with Crippen LogP contribution >= 0.6 is 15.8 Å². The first-order valence-electron chi connectivity index (χ1n) is 10.6. The van der Waals surface area contributed by atoms with Crippen LogP contribution in [-0.2, 0) is 19.4 Å². The van der Waals surface area contributed by atoms with Crippen molar-refractivity contribution in [1.82, 2.24) is 0 Å². The predicted molar refractivity (Wildman–Crippen MR) is 123 cm³/mol. The number of nitrogens with zero attached hydrogens (tertiary/aromatic N) is 1. The average Bonchev–Trinajstić information content (AvgIpc) is 3.08. The maximum absolute atomic E-state index is 6.49. The van der Waals surface area contributed by atoms with Gasteiger partial charge in [0.25, 0.3) is 0 Å². The van der Waals surface area contributed by atoms with E-state index in [0.29, 0.717) is 12.1 Å². The van der Waals surface area contributed by atoms with Crippen molar-refractivity contribution in [3.05, 3.63) is 102 Å². The first-order chi connectivity index (χ1) is 14.3. The van der Waals surface area contributed by atoms with Gasteiger partial charge in [0.1, 0.15) is 5.75 Å². The summed E-state index contributed by atoms with van der Waals surface area (Å²) in [4.78, 5) is 0. The lowest BCUT2D eigenvalue weighted by Gasteiger charge is -2.49. The van der Waals surface area contributed by atoms with E-state index in [1.165, 1.54) is 29.5 Å². The molecule has 29 heavy (non-hydrogen) atoms. The third kappa shape index (κ3) is 3.53. The lowest BCUT2D eigenvalue weighted by atomic mass is 9.89. The van der Waals surface area contributed by atoms with Crippen LogP contribution in [0, 0.1) is 0 Å². The minimum atomic E-state index is -0.0117. The van der Waals surface area contributed by atoms with E-state index in [9.17, 15) is 0 Å². The van der Waals surface area contributed by atoms with Gasteiger partial charge in [0.2, 0.25) is 0 Å². The summed E-state index contributed by atoms with van der Waals surface area (Å²) in [6, 6.07) is 31.6. The summed E-state index contributed by atoms with van der Waals surface area (Å²) in [7, 11) is 0. The molecule has 3 aromatic rings. The number of benzene rings is 3. The Hall–Kier alpha value is -2.04. The normalized spacial score (nSPS) is 22.3. The third-order valence-electron chi connectivity index (χ3n) is 6.84. The van der Waals surface area contributed by atoms with Crippen molar-refractivity contribution in [2.24, 2.45) is 0 Å². The van der Waals surface area contributed by atoms with Crippen molar-refractivity contribution < 1.29 is 9.05 Å². The Bertz CT molecular complexity index is 915. The molecule has 5 rings (SSSR count). The van der Waals surface area contributed by atoms with Crippen LogP contribution in [0.4, 0.5) is 0 Å². The number of fused-ring (bicyclic) bond motifs is 1. The molecule has 0 bridgehead atoms. The van der Waals surface area contributed by atoms with Crippen molar-refractivity contribution >= 4 is 21.6 Å². The Labute approximate surface area is 182 Å². The van der Waals surface area contributed by atoms with Gasteiger partial charge in [-0.2, -0.15) is 0 Å². The van der Waals surface area contributed by atoms with Gasteiger partial charge in [-0.3, -0.25) is 0 Å². The monoisotopic (exact) mass is 446 g/mol. The predicted octanol–water partition coefficient (Wildman–Crippen LogP) is 5.79. The second-order valence-electron chi connectivity index (χ2n) is 8.44. The fourth-order valence-corrected chi connectivity index (χ4v) is 6.40. The first kappa shape index (κ1) is 19.0. The standard InChI is InChI=1S/C25H26BBrNO/c27-26-28(19-22-13-7-8-14-25(22)29-26)23(17-20-9-3-1-4-10-20)15-16-24(28)18-21-11-5-2-6-12-21/h1-14,23-24H,15-19H2/q+1/t23-,24-/m0/s1. The van der Waals surface area contributed by atoms with E-state index in [-0.39, 0.29) is 5.87 Å². The van der Waals surface area contributed by atoms with Crippen LogP contribution in [-0.4, -0.2) is 22.4 Å². The summed E-state index contributed by atoms with van der Waals surface area (Å²) < 4.78 is 7.47. The number of para-hydroxylation sites is 1. The third-order valence-corrected chi connectivity index (χ3v) is 7.79. The summed E-state index contributed by atoms with van der Waals surface area (Å²) in [5, 5.41) is 0. The van der Waals surface area contributed by atoms with E-state index in [1.807, 2.05) is 0 Å². The van der Waals surface area contributed by atoms with Crippen LogP contribution in [0.2, 0.25) is 0 Å². The van der Waals surface area contributed by atoms with E-state index >= 15 is 0 Å². The van der Waals surface area contributed by atoms with Crippen LogP contribution in [0.1, 0.15) is 29.5 Å². The van der Waals surface area contributed by atoms with Gasteiger partial charge >= 0.3 is 5.87 Å². The van der Waals surface area contributed by atoms with Gasteiger partial charge in [0.05, 0.1) is 18.6 Å². The zero-order valence-corrected chi connectivity index (χ0v) is 18.2. The largest absolute Gasteiger partial charge is 0.721 e. The zero-order chi connectivity index (χ0) is 19.7. The summed E-state index contributed by atoms with van der Waals surface area (Å²) in [6.07, 6.45) is 4.67. The molecule has 0 N–H and O–H groups in total. The Morgan fingerprint density at radius 2 is 1.28 bits per heavy atom. The number of quaternary nitrogens is 1. The molecule has 4 heteroatoms. The molecule has 2 heterocycles. The molecule has 0 aromatic heterocycles. The summed E-state index contributed by atoms with van der Waals surface area (Å²) in [5.41, 5.74) is 4.18. The van der Waals surface area contributed by atoms with E-state index < -0.39 is 0 Å². The molecular weight excluding hydrogens is 421 g/mol. The molecule has 0 unspecified atom stereocenters. The molecule has 146 valence electrons. The molecule has 0 amide bonds. The smallest absolute Gasteiger partial charge is 0.498 e. The van der Waals surface area contributed by atoms with E-state index in [1.54, 1.807) is 0 Å². The van der Waals surface area contributed by atoms with Gasteiger partial charge in [-0.25, -0.2) is 0 Å². The summed E-state index contributed by atoms with van der Waals surface area (Å²) in [5.74, 6) is 1.02. The molecule has 2 atom stereocenters. The zero-order valence-electron chi connectivity index (χ0n) is 16.6. The highest BCUT2D eigenvalue weighted by Crippen LogP contribution is 2.46. The molecule has 0 radical (unpaired) electrons. The summed E-state index contributed by atoms with van der Waals surface area (Å²) in [6.45, 7) is 1.03. The molecule has 0 saturated carbocycles. The molecule has 2 nitrogen and oxygen atoms in total. The van der Waals surface area contributed by atoms with Crippen molar-refractivity contribution in [3.63, 3.8) is 0 Å². The van der Waals surface area contributed by atoms with E-state index in [0.717, 1.165) is 29.5 Å². The molecular formula is C25H26BBrNO+. The topological polar surface area (TPSA) is 9.23 Å². The Balaban J connectivity index is 1.52. The Morgan fingerprint density at radius 1 is 0.759 bits per heavy atom. The number of rotatable bonds is 4.